The summed E-state index contributed by atoms with van der Waals surface area (Å²) in [7, 11) is -3.31. The molecule has 0 bridgehead atoms. The predicted octanol–water partition coefficient (Wildman–Crippen LogP) is 2.34. The molecular formula is C11H14ClNO3S. The van der Waals surface area contributed by atoms with Gasteiger partial charge in [0.2, 0.25) is 0 Å². The van der Waals surface area contributed by atoms with Gasteiger partial charge in [-0.3, -0.25) is 0 Å². The second-order valence-corrected chi connectivity index (χ2v) is 6.38. The van der Waals surface area contributed by atoms with Gasteiger partial charge in [-0.1, -0.05) is 35.8 Å². The Hall–Kier alpha value is -1.07. The van der Waals surface area contributed by atoms with Crippen LogP contribution >= 0.6 is 11.6 Å². The van der Waals surface area contributed by atoms with Crippen molar-refractivity contribution in [2.45, 2.75) is 18.6 Å². The van der Waals surface area contributed by atoms with Gasteiger partial charge in [0, 0.05) is 16.8 Å². The molecule has 1 rings (SSSR count). The van der Waals surface area contributed by atoms with Crippen molar-refractivity contribution in [2.24, 2.45) is 5.16 Å². The van der Waals surface area contributed by atoms with Crippen LogP contribution in [0.25, 0.3) is 0 Å². The van der Waals surface area contributed by atoms with Crippen molar-refractivity contribution >= 4 is 27.1 Å². The molecule has 0 amide bonds. The molecule has 0 aliphatic carbocycles. The Morgan fingerprint density at radius 1 is 1.41 bits per heavy atom. The molecule has 0 saturated heterocycles. The van der Waals surface area contributed by atoms with Gasteiger partial charge in [-0.05, 0) is 18.6 Å². The summed E-state index contributed by atoms with van der Waals surface area (Å²) in [6, 6.07) is 6.50. The van der Waals surface area contributed by atoms with Gasteiger partial charge in [-0.25, -0.2) is 8.42 Å². The highest BCUT2D eigenvalue weighted by molar-refractivity contribution is 7.92. The number of hydrogen-bond donors (Lipinski definition) is 1. The van der Waals surface area contributed by atoms with Crippen LogP contribution in [0.2, 0.25) is 5.02 Å². The number of sulfone groups is 1. The van der Waals surface area contributed by atoms with E-state index in [1.165, 1.54) is 0 Å². The number of hydrogen-bond acceptors (Lipinski definition) is 4. The molecule has 0 fully saturated rings. The van der Waals surface area contributed by atoms with Crippen LogP contribution < -0.4 is 0 Å². The third-order valence-electron chi connectivity index (χ3n) is 2.44. The third kappa shape index (κ3) is 3.44. The number of benzene rings is 1. The quantitative estimate of drug-likeness (QED) is 0.521. The molecule has 0 aliphatic heterocycles. The lowest BCUT2D eigenvalue weighted by atomic mass is 10.1. The summed E-state index contributed by atoms with van der Waals surface area (Å²) in [5.74, 6) is 0. The predicted molar refractivity (Wildman–Crippen MR) is 68.7 cm³/mol. The lowest BCUT2D eigenvalue weighted by Crippen LogP contribution is -2.29. The van der Waals surface area contributed by atoms with E-state index in [1.807, 2.05) is 0 Å². The van der Waals surface area contributed by atoms with E-state index in [2.05, 4.69) is 5.16 Å². The van der Waals surface area contributed by atoms with E-state index < -0.39 is 15.1 Å². The number of halogens is 1. The van der Waals surface area contributed by atoms with Crippen LogP contribution in [0.4, 0.5) is 0 Å². The first-order chi connectivity index (χ1) is 7.90. The maximum Gasteiger partial charge on any atom is 0.156 e. The van der Waals surface area contributed by atoms with Crippen molar-refractivity contribution in [3.63, 3.8) is 0 Å². The minimum absolute atomic E-state index is 0.145. The van der Waals surface area contributed by atoms with Crippen molar-refractivity contribution in [3.8, 4) is 0 Å². The van der Waals surface area contributed by atoms with Crippen LogP contribution in [0.1, 0.15) is 18.9 Å². The minimum atomic E-state index is -3.31. The van der Waals surface area contributed by atoms with Crippen LogP contribution in [0, 0.1) is 0 Å². The molecule has 0 saturated carbocycles. The van der Waals surface area contributed by atoms with E-state index in [0.29, 0.717) is 17.0 Å². The maximum absolute atomic E-state index is 11.6. The van der Waals surface area contributed by atoms with Crippen LogP contribution in [0.5, 0.6) is 0 Å². The van der Waals surface area contributed by atoms with Gasteiger partial charge in [0.15, 0.2) is 9.84 Å². The summed E-state index contributed by atoms with van der Waals surface area (Å²) >= 11 is 5.74. The minimum Gasteiger partial charge on any atom is -0.411 e. The second kappa shape index (κ2) is 5.51. The Labute approximate surface area is 106 Å². The zero-order valence-corrected chi connectivity index (χ0v) is 11.2. The van der Waals surface area contributed by atoms with Crippen LogP contribution in [-0.4, -0.2) is 30.8 Å². The first-order valence-electron chi connectivity index (χ1n) is 5.07. The SMILES string of the molecule is CCC(C(=NO)c1ccc(Cl)cc1)S(C)(=O)=O. The zero-order valence-electron chi connectivity index (χ0n) is 9.59. The molecule has 6 heteroatoms. The van der Waals surface area contributed by atoms with Crippen molar-refractivity contribution < 1.29 is 13.6 Å². The van der Waals surface area contributed by atoms with E-state index in [0.717, 1.165) is 6.26 Å². The molecular weight excluding hydrogens is 262 g/mol. The Morgan fingerprint density at radius 3 is 2.29 bits per heavy atom. The van der Waals surface area contributed by atoms with Gasteiger partial charge in [0.1, 0.15) is 11.0 Å². The average molecular weight is 276 g/mol. The fourth-order valence-electron chi connectivity index (χ4n) is 1.63. The molecule has 0 aliphatic rings. The van der Waals surface area contributed by atoms with Gasteiger partial charge < -0.3 is 5.21 Å². The van der Waals surface area contributed by atoms with Crippen molar-refractivity contribution in [1.29, 1.82) is 0 Å². The molecule has 17 heavy (non-hydrogen) atoms. The number of rotatable bonds is 4. The average Bonchev–Trinajstić information content (AvgIpc) is 2.25. The first kappa shape index (κ1) is 14.0. The highest BCUT2D eigenvalue weighted by Crippen LogP contribution is 2.16. The molecule has 0 radical (unpaired) electrons. The Bertz CT molecular complexity index is 508. The van der Waals surface area contributed by atoms with Gasteiger partial charge in [0.05, 0.1) is 0 Å². The maximum atomic E-state index is 11.6. The summed E-state index contributed by atoms with van der Waals surface area (Å²) in [6.45, 7) is 1.73. The summed E-state index contributed by atoms with van der Waals surface area (Å²) in [4.78, 5) is 0. The van der Waals surface area contributed by atoms with Gasteiger partial charge >= 0.3 is 0 Å². The van der Waals surface area contributed by atoms with E-state index in [4.69, 9.17) is 16.8 Å². The van der Waals surface area contributed by atoms with Crippen molar-refractivity contribution in [3.05, 3.63) is 34.9 Å². The topological polar surface area (TPSA) is 66.7 Å². The van der Waals surface area contributed by atoms with Crippen LogP contribution in [0.15, 0.2) is 29.4 Å². The Morgan fingerprint density at radius 2 is 1.94 bits per heavy atom. The fourth-order valence-corrected chi connectivity index (χ4v) is 2.95. The summed E-state index contributed by atoms with van der Waals surface area (Å²) < 4.78 is 23.2. The largest absolute Gasteiger partial charge is 0.411 e. The lowest BCUT2D eigenvalue weighted by molar-refractivity contribution is 0.318. The Balaban J connectivity index is 3.20. The molecule has 4 nitrogen and oxygen atoms in total. The molecule has 0 heterocycles. The van der Waals surface area contributed by atoms with Gasteiger partial charge in [-0.15, -0.1) is 0 Å². The normalized spacial score (nSPS) is 14.6. The number of oxime groups is 1. The molecule has 1 N–H and O–H groups in total. The molecule has 1 atom stereocenters. The van der Waals surface area contributed by atoms with Crippen LogP contribution in [0.3, 0.4) is 0 Å². The summed E-state index contributed by atoms with van der Waals surface area (Å²) in [5, 5.41) is 11.9. The highest BCUT2D eigenvalue weighted by Gasteiger charge is 2.26. The smallest absolute Gasteiger partial charge is 0.156 e. The lowest BCUT2D eigenvalue weighted by Gasteiger charge is -2.14. The van der Waals surface area contributed by atoms with Crippen molar-refractivity contribution in [2.75, 3.05) is 6.26 Å². The van der Waals surface area contributed by atoms with E-state index in [-0.39, 0.29) is 5.71 Å². The zero-order chi connectivity index (χ0) is 13.1. The molecule has 0 spiro atoms. The number of nitrogens with zero attached hydrogens (tertiary/aromatic N) is 1. The molecule has 0 aromatic heterocycles. The van der Waals surface area contributed by atoms with E-state index in [1.54, 1.807) is 31.2 Å². The monoisotopic (exact) mass is 275 g/mol. The molecule has 1 aromatic rings. The van der Waals surface area contributed by atoms with Crippen molar-refractivity contribution in [1.82, 2.24) is 0 Å². The second-order valence-electron chi connectivity index (χ2n) is 3.72. The fraction of sp³-hybridized carbons (Fsp3) is 0.364. The molecule has 1 unspecified atom stereocenters. The standard InChI is InChI=1S/C11H14ClNO3S/c1-3-10(17(2,15)16)11(13-14)8-4-6-9(12)7-5-8/h4-7,10,14H,3H2,1-2H3. The van der Waals surface area contributed by atoms with E-state index >= 15 is 0 Å². The van der Waals surface area contributed by atoms with E-state index in [9.17, 15) is 8.42 Å². The van der Waals surface area contributed by atoms with Gasteiger partial charge in [-0.2, -0.15) is 0 Å². The molecule has 1 aromatic carbocycles. The van der Waals surface area contributed by atoms with Gasteiger partial charge in [0.25, 0.3) is 0 Å². The summed E-state index contributed by atoms with van der Waals surface area (Å²) in [6.07, 6.45) is 1.48. The third-order valence-corrected chi connectivity index (χ3v) is 4.28. The highest BCUT2D eigenvalue weighted by atomic mass is 35.5. The first-order valence-corrected chi connectivity index (χ1v) is 7.40. The summed E-state index contributed by atoms with van der Waals surface area (Å²) in [5.41, 5.74) is 0.695. The van der Waals surface area contributed by atoms with Crippen LogP contribution in [-0.2, 0) is 9.84 Å². The molecule has 94 valence electrons. The Kier molecular flexibility index (Phi) is 4.54.